The summed E-state index contributed by atoms with van der Waals surface area (Å²) in [7, 11) is 1.57. The van der Waals surface area contributed by atoms with Crippen molar-refractivity contribution in [3.8, 4) is 22.7 Å². The Labute approximate surface area is 224 Å². The van der Waals surface area contributed by atoms with Gasteiger partial charge in [-0.1, -0.05) is 48.2 Å². The first-order valence-corrected chi connectivity index (χ1v) is 12.8. The average Bonchev–Trinajstić information content (AvgIpc) is 3.50. The van der Waals surface area contributed by atoms with Gasteiger partial charge in [-0.25, -0.2) is 14.8 Å². The van der Waals surface area contributed by atoms with Gasteiger partial charge in [0.05, 0.1) is 25.7 Å². The lowest BCUT2D eigenvalue weighted by atomic mass is 10.1. The maximum Gasteiger partial charge on any atom is 0.276 e. The SMILES string of the molecule is [C-]#[N+]c1c(-c2cccc(OC)c2)nc(SCc2cccc(NCc3ccc(-n4ccnc4)cc3)c2)[nH]c1=O. The number of nitrogens with one attached hydrogen (secondary N) is 2. The molecule has 0 fully saturated rings. The first-order valence-electron chi connectivity index (χ1n) is 11.8. The second-order valence-corrected chi connectivity index (χ2v) is 9.36. The molecule has 38 heavy (non-hydrogen) atoms. The number of H-pyrrole nitrogens is 1. The molecular formula is C29H24N6O2S. The van der Waals surface area contributed by atoms with Crippen LogP contribution in [0.15, 0.2) is 101 Å². The first-order chi connectivity index (χ1) is 18.6. The molecule has 0 aliphatic rings. The summed E-state index contributed by atoms with van der Waals surface area (Å²) in [6.45, 7) is 8.16. The highest BCUT2D eigenvalue weighted by molar-refractivity contribution is 7.98. The number of hydrogen-bond donors (Lipinski definition) is 2. The Hall–Kier alpha value is -4.81. The number of hydrogen-bond acceptors (Lipinski definition) is 6. The minimum Gasteiger partial charge on any atom is -0.497 e. The van der Waals surface area contributed by atoms with Gasteiger partial charge in [0.1, 0.15) is 5.75 Å². The number of anilines is 1. The molecule has 5 aromatic rings. The van der Waals surface area contributed by atoms with E-state index in [0.29, 0.717) is 34.5 Å². The molecule has 2 aromatic heterocycles. The average molecular weight is 521 g/mol. The summed E-state index contributed by atoms with van der Waals surface area (Å²) in [4.78, 5) is 27.5. The Morgan fingerprint density at radius 2 is 1.92 bits per heavy atom. The molecule has 0 bridgehead atoms. The molecule has 188 valence electrons. The molecule has 2 N–H and O–H groups in total. The fourth-order valence-corrected chi connectivity index (χ4v) is 4.72. The van der Waals surface area contributed by atoms with Crippen LogP contribution in [0.1, 0.15) is 11.1 Å². The van der Waals surface area contributed by atoms with E-state index in [1.54, 1.807) is 31.8 Å². The maximum absolute atomic E-state index is 12.6. The van der Waals surface area contributed by atoms with E-state index in [-0.39, 0.29) is 5.69 Å². The Morgan fingerprint density at radius 3 is 2.68 bits per heavy atom. The third kappa shape index (κ3) is 5.77. The van der Waals surface area contributed by atoms with Crippen molar-refractivity contribution in [1.29, 1.82) is 0 Å². The van der Waals surface area contributed by atoms with Crippen LogP contribution in [0.2, 0.25) is 0 Å². The van der Waals surface area contributed by atoms with Gasteiger partial charge in [-0.3, -0.25) is 4.79 Å². The maximum atomic E-state index is 12.6. The summed E-state index contributed by atoms with van der Waals surface area (Å²) in [5, 5.41) is 3.93. The molecule has 3 aromatic carbocycles. The van der Waals surface area contributed by atoms with Crippen molar-refractivity contribution < 1.29 is 4.74 Å². The van der Waals surface area contributed by atoms with Crippen molar-refractivity contribution in [2.75, 3.05) is 12.4 Å². The molecule has 0 spiro atoms. The highest BCUT2D eigenvalue weighted by atomic mass is 32.2. The monoisotopic (exact) mass is 520 g/mol. The number of ether oxygens (including phenoxy) is 1. The van der Waals surface area contributed by atoms with Crippen molar-refractivity contribution in [3.63, 3.8) is 0 Å². The molecule has 0 saturated carbocycles. The van der Waals surface area contributed by atoms with Crippen LogP contribution in [0.25, 0.3) is 21.8 Å². The molecule has 8 nitrogen and oxygen atoms in total. The van der Waals surface area contributed by atoms with E-state index in [2.05, 4.69) is 55.4 Å². The van der Waals surface area contributed by atoms with E-state index >= 15 is 0 Å². The van der Waals surface area contributed by atoms with E-state index in [4.69, 9.17) is 11.3 Å². The topological polar surface area (TPSA) is 89.2 Å². The predicted molar refractivity (Wildman–Crippen MR) is 150 cm³/mol. The molecule has 0 aliphatic carbocycles. The fraction of sp³-hybridized carbons (Fsp3) is 0.103. The van der Waals surface area contributed by atoms with Gasteiger partial charge in [-0.2, -0.15) is 0 Å². The molecule has 0 radical (unpaired) electrons. The standard InChI is InChI=1S/C29H24N6O2S/c1-30-27-26(22-6-4-8-25(16-22)37-2)33-29(34-28(27)36)38-18-21-5-3-7-23(15-21)32-17-20-9-11-24(12-10-20)35-14-13-31-19-35/h3-16,19,32H,17-18H2,2H3,(H,33,34,36). The Bertz CT molecular complexity index is 1640. The van der Waals surface area contributed by atoms with Gasteiger partial charge >= 0.3 is 0 Å². The largest absolute Gasteiger partial charge is 0.497 e. The molecule has 0 unspecified atom stereocenters. The fourth-order valence-electron chi connectivity index (χ4n) is 3.91. The lowest BCUT2D eigenvalue weighted by Gasteiger charge is -2.10. The number of nitrogens with zero attached hydrogens (tertiary/aromatic N) is 4. The number of methoxy groups -OCH3 is 1. The third-order valence-electron chi connectivity index (χ3n) is 5.87. The van der Waals surface area contributed by atoms with Crippen LogP contribution >= 0.6 is 11.8 Å². The Balaban J connectivity index is 1.26. The zero-order chi connectivity index (χ0) is 26.3. The summed E-state index contributed by atoms with van der Waals surface area (Å²) < 4.78 is 7.26. The molecule has 9 heteroatoms. The van der Waals surface area contributed by atoms with Crippen LogP contribution in [-0.2, 0) is 12.3 Å². The molecule has 2 heterocycles. The molecule has 0 amide bonds. The van der Waals surface area contributed by atoms with Gasteiger partial charge in [0.25, 0.3) is 11.2 Å². The Morgan fingerprint density at radius 1 is 1.08 bits per heavy atom. The van der Waals surface area contributed by atoms with E-state index in [0.717, 1.165) is 16.9 Å². The van der Waals surface area contributed by atoms with Gasteiger partial charge in [0.15, 0.2) is 5.16 Å². The zero-order valence-electron chi connectivity index (χ0n) is 20.6. The second kappa shape index (κ2) is 11.5. The third-order valence-corrected chi connectivity index (χ3v) is 6.81. The molecular weight excluding hydrogens is 496 g/mol. The number of thioether (sulfide) groups is 1. The molecule has 0 atom stereocenters. The minimum absolute atomic E-state index is 0.0353. The number of rotatable bonds is 9. The van der Waals surface area contributed by atoms with Crippen LogP contribution in [-0.4, -0.2) is 26.6 Å². The van der Waals surface area contributed by atoms with E-state index in [1.165, 1.54) is 17.3 Å². The van der Waals surface area contributed by atoms with Crippen LogP contribution in [0.4, 0.5) is 11.4 Å². The molecule has 5 rings (SSSR count). The summed E-state index contributed by atoms with van der Waals surface area (Å²) in [5.41, 5.74) is 4.83. The lowest BCUT2D eigenvalue weighted by Crippen LogP contribution is -2.09. The van der Waals surface area contributed by atoms with Gasteiger partial charge in [0.2, 0.25) is 0 Å². The second-order valence-electron chi connectivity index (χ2n) is 8.39. The summed E-state index contributed by atoms with van der Waals surface area (Å²) in [6, 6.07) is 23.7. The smallest absolute Gasteiger partial charge is 0.276 e. The van der Waals surface area contributed by atoms with Crippen molar-refractivity contribution in [1.82, 2.24) is 19.5 Å². The van der Waals surface area contributed by atoms with Gasteiger partial charge in [0, 0.05) is 36.1 Å². The number of benzene rings is 3. The quantitative estimate of drug-likeness (QED) is 0.139. The van der Waals surface area contributed by atoms with E-state index in [1.807, 2.05) is 41.1 Å². The number of aromatic amines is 1. The Kier molecular flexibility index (Phi) is 7.52. The zero-order valence-corrected chi connectivity index (χ0v) is 21.4. The molecule has 0 saturated heterocycles. The van der Waals surface area contributed by atoms with Crippen molar-refractivity contribution in [3.05, 3.63) is 124 Å². The van der Waals surface area contributed by atoms with Crippen LogP contribution in [0, 0.1) is 6.57 Å². The van der Waals surface area contributed by atoms with E-state index in [9.17, 15) is 4.79 Å². The van der Waals surface area contributed by atoms with Gasteiger partial charge < -0.3 is 19.6 Å². The highest BCUT2D eigenvalue weighted by Crippen LogP contribution is 2.30. The first kappa shape index (κ1) is 24.9. The van der Waals surface area contributed by atoms with Crippen molar-refractivity contribution >= 4 is 23.1 Å². The van der Waals surface area contributed by atoms with Crippen LogP contribution < -0.4 is 15.6 Å². The minimum atomic E-state index is -0.454. The normalized spacial score (nSPS) is 10.6. The summed E-state index contributed by atoms with van der Waals surface area (Å²) in [6.07, 6.45) is 5.46. The van der Waals surface area contributed by atoms with Crippen molar-refractivity contribution in [2.24, 2.45) is 0 Å². The van der Waals surface area contributed by atoms with Crippen molar-refractivity contribution in [2.45, 2.75) is 17.5 Å². The summed E-state index contributed by atoms with van der Waals surface area (Å²) >= 11 is 1.41. The van der Waals surface area contributed by atoms with Gasteiger partial charge in [-0.05, 0) is 53.1 Å². The molecule has 0 aliphatic heterocycles. The highest BCUT2D eigenvalue weighted by Gasteiger charge is 2.15. The number of imidazole rings is 1. The van der Waals surface area contributed by atoms with Gasteiger partial charge in [-0.15, -0.1) is 0 Å². The predicted octanol–water partition coefficient (Wildman–Crippen LogP) is 6.09. The lowest BCUT2D eigenvalue weighted by molar-refractivity contribution is 0.415. The van der Waals surface area contributed by atoms with Crippen LogP contribution in [0.3, 0.4) is 0 Å². The van der Waals surface area contributed by atoms with E-state index < -0.39 is 5.56 Å². The summed E-state index contributed by atoms with van der Waals surface area (Å²) in [5.74, 6) is 1.24. The number of aromatic nitrogens is 4. The van der Waals surface area contributed by atoms with Crippen LogP contribution in [0.5, 0.6) is 5.75 Å².